The van der Waals surface area contributed by atoms with Crippen LogP contribution in [0.3, 0.4) is 0 Å². The topological polar surface area (TPSA) is 145 Å². The zero-order valence-electron chi connectivity index (χ0n) is 15.7. The molecule has 0 saturated carbocycles. The number of aromatic nitrogens is 4. The number of rotatable bonds is 8. The molecule has 12 heteroatoms. The van der Waals surface area contributed by atoms with Crippen molar-refractivity contribution >= 4 is 21.5 Å². The summed E-state index contributed by atoms with van der Waals surface area (Å²) in [5.74, 6) is 2.55. The first-order valence-electron chi connectivity index (χ1n) is 8.60. The molecule has 1 aromatic carbocycles. The van der Waals surface area contributed by atoms with Crippen LogP contribution in [0.5, 0.6) is 0 Å². The maximum absolute atomic E-state index is 12.3. The van der Waals surface area contributed by atoms with Gasteiger partial charge in [-0.15, -0.1) is 0 Å². The summed E-state index contributed by atoms with van der Waals surface area (Å²) in [6.07, 6.45) is 3.46. The molecule has 29 heavy (non-hydrogen) atoms. The predicted octanol–water partition coefficient (Wildman–Crippen LogP) is 1.58. The summed E-state index contributed by atoms with van der Waals surface area (Å²) < 4.78 is 28.8. The highest BCUT2D eigenvalue weighted by molar-refractivity contribution is 7.89. The fourth-order valence-electron chi connectivity index (χ4n) is 2.59. The highest BCUT2D eigenvalue weighted by atomic mass is 32.2. The van der Waals surface area contributed by atoms with Gasteiger partial charge in [0, 0.05) is 43.7 Å². The van der Waals surface area contributed by atoms with E-state index in [-0.39, 0.29) is 23.7 Å². The van der Waals surface area contributed by atoms with E-state index in [4.69, 9.17) is 0 Å². The van der Waals surface area contributed by atoms with E-state index in [2.05, 4.69) is 25.0 Å². The van der Waals surface area contributed by atoms with E-state index in [0.717, 1.165) is 18.0 Å². The number of nitrogens with zero attached hydrogens (tertiary/aromatic N) is 5. The largest absolute Gasteiger partial charge is 0.369 e. The van der Waals surface area contributed by atoms with E-state index >= 15 is 0 Å². The van der Waals surface area contributed by atoms with Crippen LogP contribution in [0.2, 0.25) is 0 Å². The lowest BCUT2D eigenvalue weighted by Crippen LogP contribution is -2.29. The minimum atomic E-state index is -3.77. The maximum atomic E-state index is 12.3. The first-order valence-corrected chi connectivity index (χ1v) is 10.1. The molecule has 0 saturated heterocycles. The Kier molecular flexibility index (Phi) is 5.84. The number of hydrogen-bond donors (Lipinski definition) is 2. The number of non-ortho nitro benzene ring substituents is 1. The SMILES string of the molecule is Cc1nc(NCCNS(=O)(=O)c2ccc([N+](=O)[O-])cc2)cc(-n2ccnc2C)n1. The number of anilines is 1. The molecule has 0 aliphatic rings. The average Bonchev–Trinajstić information content (AvgIpc) is 3.11. The molecule has 0 radical (unpaired) electrons. The third-order valence-corrected chi connectivity index (χ3v) is 5.45. The van der Waals surface area contributed by atoms with Crippen LogP contribution >= 0.6 is 0 Å². The quantitative estimate of drug-likeness (QED) is 0.319. The van der Waals surface area contributed by atoms with Gasteiger partial charge in [0.25, 0.3) is 5.69 Å². The monoisotopic (exact) mass is 417 g/mol. The Labute approximate surface area is 167 Å². The molecule has 152 valence electrons. The van der Waals surface area contributed by atoms with Crippen molar-refractivity contribution in [1.82, 2.24) is 24.2 Å². The molecule has 2 N–H and O–H groups in total. The van der Waals surface area contributed by atoms with Crippen LogP contribution in [0.15, 0.2) is 47.6 Å². The van der Waals surface area contributed by atoms with Crippen LogP contribution < -0.4 is 10.0 Å². The van der Waals surface area contributed by atoms with Crippen LogP contribution in [0.4, 0.5) is 11.5 Å². The molecule has 3 rings (SSSR count). The standard InChI is InChI=1S/C17H19N7O4S/c1-12-21-16(11-17(22-12)23-10-9-18-13(23)2)19-7-8-20-29(27,28)15-5-3-14(4-6-15)24(25)26/h3-6,9-11,20H,7-8H2,1-2H3,(H,19,21,22). The van der Waals surface area contributed by atoms with Crippen LogP contribution in [0.1, 0.15) is 11.6 Å². The van der Waals surface area contributed by atoms with Crippen molar-refractivity contribution in [2.75, 3.05) is 18.4 Å². The number of hydrogen-bond acceptors (Lipinski definition) is 8. The van der Waals surface area contributed by atoms with Crippen LogP contribution in [0, 0.1) is 24.0 Å². The molecule has 3 aromatic rings. The molecular formula is C17H19N7O4S. The molecule has 11 nitrogen and oxygen atoms in total. The third-order valence-electron chi connectivity index (χ3n) is 3.98. The molecule has 2 aromatic heterocycles. The lowest BCUT2D eigenvalue weighted by Gasteiger charge is -2.11. The fraction of sp³-hybridized carbons (Fsp3) is 0.235. The number of nitro benzene ring substituents is 1. The molecule has 0 atom stereocenters. The summed E-state index contributed by atoms with van der Waals surface area (Å²) >= 11 is 0. The predicted molar refractivity (Wildman–Crippen MR) is 105 cm³/mol. The van der Waals surface area contributed by atoms with Crippen molar-refractivity contribution < 1.29 is 13.3 Å². The van der Waals surface area contributed by atoms with E-state index in [1.165, 1.54) is 12.1 Å². The Hall–Kier alpha value is -3.38. The first kappa shape index (κ1) is 20.4. The van der Waals surface area contributed by atoms with Crippen LogP contribution in [-0.4, -0.2) is 45.9 Å². The average molecular weight is 417 g/mol. The van der Waals surface area contributed by atoms with E-state index < -0.39 is 14.9 Å². The van der Waals surface area contributed by atoms with Crippen molar-refractivity contribution in [3.63, 3.8) is 0 Å². The molecule has 0 unspecified atom stereocenters. The second-order valence-corrected chi connectivity index (χ2v) is 7.85. The molecule has 0 bridgehead atoms. The van der Waals surface area contributed by atoms with Gasteiger partial charge in [0.05, 0.1) is 9.82 Å². The lowest BCUT2D eigenvalue weighted by atomic mass is 10.3. The number of nitro groups is 1. The molecular weight excluding hydrogens is 398 g/mol. The van der Waals surface area contributed by atoms with Crippen LogP contribution in [-0.2, 0) is 10.0 Å². The minimum Gasteiger partial charge on any atom is -0.369 e. The van der Waals surface area contributed by atoms with Gasteiger partial charge in [-0.2, -0.15) is 0 Å². The summed E-state index contributed by atoms with van der Waals surface area (Å²) in [6, 6.07) is 6.43. The Bertz CT molecular complexity index is 1130. The third kappa shape index (κ3) is 4.92. The number of nitrogens with one attached hydrogen (secondary N) is 2. The highest BCUT2D eigenvalue weighted by Gasteiger charge is 2.15. The van der Waals surface area contributed by atoms with E-state index in [1.807, 2.05) is 11.5 Å². The number of aryl methyl sites for hydroxylation is 2. The first-order chi connectivity index (χ1) is 13.8. The molecule has 2 heterocycles. The van der Waals surface area contributed by atoms with Crippen molar-refractivity contribution in [1.29, 1.82) is 0 Å². The summed E-state index contributed by atoms with van der Waals surface area (Å²) in [4.78, 5) is 22.9. The number of benzene rings is 1. The Morgan fingerprint density at radius 2 is 1.86 bits per heavy atom. The smallest absolute Gasteiger partial charge is 0.269 e. The maximum Gasteiger partial charge on any atom is 0.269 e. The van der Waals surface area contributed by atoms with Gasteiger partial charge in [-0.25, -0.2) is 28.1 Å². The van der Waals surface area contributed by atoms with Crippen molar-refractivity contribution in [2.24, 2.45) is 0 Å². The zero-order valence-corrected chi connectivity index (χ0v) is 16.5. The second-order valence-electron chi connectivity index (χ2n) is 6.08. The van der Waals surface area contributed by atoms with Gasteiger partial charge in [0.1, 0.15) is 23.3 Å². The Morgan fingerprint density at radius 1 is 1.14 bits per heavy atom. The van der Waals surface area contributed by atoms with Gasteiger partial charge < -0.3 is 5.32 Å². The molecule has 0 aliphatic carbocycles. The Morgan fingerprint density at radius 3 is 2.48 bits per heavy atom. The van der Waals surface area contributed by atoms with Gasteiger partial charge in [0.15, 0.2) is 0 Å². The highest BCUT2D eigenvalue weighted by Crippen LogP contribution is 2.16. The molecule has 0 aliphatic heterocycles. The summed E-state index contributed by atoms with van der Waals surface area (Å²) in [5, 5.41) is 13.7. The normalized spacial score (nSPS) is 11.4. The van der Waals surface area contributed by atoms with E-state index in [9.17, 15) is 18.5 Å². The molecule has 0 fully saturated rings. The van der Waals surface area contributed by atoms with E-state index in [1.54, 1.807) is 25.4 Å². The summed E-state index contributed by atoms with van der Waals surface area (Å²) in [7, 11) is -3.77. The van der Waals surface area contributed by atoms with Gasteiger partial charge in [0.2, 0.25) is 10.0 Å². The Balaban J connectivity index is 1.61. The fourth-order valence-corrected chi connectivity index (χ4v) is 3.62. The second kappa shape index (κ2) is 8.32. The van der Waals surface area contributed by atoms with Gasteiger partial charge >= 0.3 is 0 Å². The number of imidazole rings is 1. The van der Waals surface area contributed by atoms with Gasteiger partial charge in [-0.05, 0) is 26.0 Å². The van der Waals surface area contributed by atoms with Crippen molar-refractivity contribution in [3.05, 3.63) is 64.5 Å². The lowest BCUT2D eigenvalue weighted by molar-refractivity contribution is -0.384. The molecule has 0 amide bonds. The van der Waals surface area contributed by atoms with Crippen molar-refractivity contribution in [2.45, 2.75) is 18.7 Å². The van der Waals surface area contributed by atoms with Crippen LogP contribution in [0.25, 0.3) is 5.82 Å². The van der Waals surface area contributed by atoms with Crippen molar-refractivity contribution in [3.8, 4) is 5.82 Å². The molecule has 0 spiro atoms. The number of sulfonamides is 1. The van der Waals surface area contributed by atoms with E-state index in [0.29, 0.717) is 17.5 Å². The minimum absolute atomic E-state index is 0.0427. The van der Waals surface area contributed by atoms with Gasteiger partial charge in [-0.1, -0.05) is 0 Å². The summed E-state index contributed by atoms with van der Waals surface area (Å²) in [5.41, 5.74) is -0.173. The van der Waals surface area contributed by atoms with Gasteiger partial charge in [-0.3, -0.25) is 14.7 Å². The zero-order chi connectivity index (χ0) is 21.0. The summed E-state index contributed by atoms with van der Waals surface area (Å²) in [6.45, 7) is 4.00.